The van der Waals surface area contributed by atoms with Gasteiger partial charge in [0.2, 0.25) is 0 Å². The molecule has 27 heavy (non-hydrogen) atoms. The molecule has 0 saturated heterocycles. The van der Waals surface area contributed by atoms with Crippen molar-refractivity contribution in [1.82, 2.24) is 10.6 Å². The van der Waals surface area contributed by atoms with E-state index in [9.17, 15) is 14.7 Å². The van der Waals surface area contributed by atoms with Crippen LogP contribution in [0.5, 0.6) is 5.75 Å². The van der Waals surface area contributed by atoms with Gasteiger partial charge in [0.05, 0.1) is 23.9 Å². The molecule has 0 spiro atoms. The molecule has 8 nitrogen and oxygen atoms in total. The lowest BCUT2D eigenvalue weighted by Gasteiger charge is -2.56. The Balaban J connectivity index is 1.42. The molecule has 1 aromatic carbocycles. The van der Waals surface area contributed by atoms with Crippen molar-refractivity contribution in [2.75, 3.05) is 11.9 Å². The number of nitrogens with one attached hydrogen (secondary N) is 3. The zero-order chi connectivity index (χ0) is 19.2. The number of hydrogen-bond acceptors (Lipinski definition) is 5. The molecule has 5 rings (SSSR count). The highest BCUT2D eigenvalue weighted by molar-refractivity contribution is 6.30. The minimum Gasteiger partial charge on any atom is -0.477 e. The smallest absolute Gasteiger partial charge is 0.405 e. The Morgan fingerprint density at radius 1 is 1.22 bits per heavy atom. The summed E-state index contributed by atoms with van der Waals surface area (Å²) >= 11 is 5.96. The van der Waals surface area contributed by atoms with Gasteiger partial charge in [0.15, 0.2) is 6.10 Å². The Hall–Kier alpha value is -2.19. The Morgan fingerprint density at radius 2 is 1.96 bits per heavy atom. The number of aliphatic hydroxyl groups is 1. The Labute approximate surface area is 161 Å². The molecule has 146 valence electrons. The summed E-state index contributed by atoms with van der Waals surface area (Å²) in [6.07, 6.45) is -0.109. The maximum atomic E-state index is 12.8. The molecule has 1 aliphatic heterocycles. The highest BCUT2D eigenvalue weighted by Crippen LogP contribution is 2.47. The van der Waals surface area contributed by atoms with Gasteiger partial charge in [0.1, 0.15) is 5.75 Å². The fourth-order valence-corrected chi connectivity index (χ4v) is 4.68. The van der Waals surface area contributed by atoms with Crippen LogP contribution in [0.25, 0.3) is 0 Å². The van der Waals surface area contributed by atoms with Gasteiger partial charge >= 0.3 is 6.09 Å². The van der Waals surface area contributed by atoms with E-state index in [-0.39, 0.29) is 5.91 Å². The van der Waals surface area contributed by atoms with Crippen molar-refractivity contribution < 1.29 is 24.5 Å². The third-order valence-electron chi connectivity index (χ3n) is 6.05. The van der Waals surface area contributed by atoms with E-state index in [0.29, 0.717) is 49.4 Å². The number of carbonyl (C=O) groups is 2. The predicted molar refractivity (Wildman–Crippen MR) is 98.2 cm³/mol. The number of carboxylic acid groups (broad SMARTS) is 1. The normalized spacial score (nSPS) is 34.0. The van der Waals surface area contributed by atoms with Crippen molar-refractivity contribution in [1.29, 1.82) is 0 Å². The number of ether oxygens (including phenoxy) is 1. The van der Waals surface area contributed by atoms with Crippen LogP contribution in [0.4, 0.5) is 10.5 Å². The zero-order valence-corrected chi connectivity index (χ0v) is 15.4. The van der Waals surface area contributed by atoms with Crippen LogP contribution in [0.15, 0.2) is 18.2 Å². The molecule has 4 aliphatic rings. The summed E-state index contributed by atoms with van der Waals surface area (Å²) in [5.74, 6) is 0.330. The monoisotopic (exact) mass is 395 g/mol. The molecule has 3 fully saturated rings. The predicted octanol–water partition coefficient (Wildman–Crippen LogP) is 1.71. The van der Waals surface area contributed by atoms with Crippen molar-refractivity contribution in [3.8, 4) is 5.75 Å². The molecule has 3 aliphatic carbocycles. The summed E-state index contributed by atoms with van der Waals surface area (Å²) < 4.78 is 5.81. The number of aliphatic hydroxyl groups excluding tert-OH is 1. The van der Waals surface area contributed by atoms with Crippen LogP contribution in [0, 0.1) is 0 Å². The quantitative estimate of drug-likeness (QED) is 0.531. The molecule has 0 radical (unpaired) electrons. The lowest BCUT2D eigenvalue weighted by molar-refractivity contribution is -0.134. The molecule has 1 aromatic rings. The molecule has 2 amide bonds. The van der Waals surface area contributed by atoms with E-state index < -0.39 is 29.4 Å². The van der Waals surface area contributed by atoms with Crippen LogP contribution >= 0.6 is 11.6 Å². The second-order valence-corrected chi connectivity index (χ2v) is 8.14. The van der Waals surface area contributed by atoms with Gasteiger partial charge in [0.25, 0.3) is 5.91 Å². The maximum Gasteiger partial charge on any atom is 0.405 e. The number of rotatable bonds is 3. The van der Waals surface area contributed by atoms with Gasteiger partial charge in [0, 0.05) is 10.6 Å². The third-order valence-corrected chi connectivity index (χ3v) is 6.28. The minimum atomic E-state index is -1.13. The van der Waals surface area contributed by atoms with Crippen molar-refractivity contribution in [3.63, 3.8) is 0 Å². The summed E-state index contributed by atoms with van der Waals surface area (Å²) in [7, 11) is 0. The maximum absolute atomic E-state index is 12.8. The Kier molecular flexibility index (Phi) is 4.35. The van der Waals surface area contributed by atoms with Crippen molar-refractivity contribution in [3.05, 3.63) is 23.2 Å². The molecular weight excluding hydrogens is 374 g/mol. The highest BCUT2D eigenvalue weighted by Gasteiger charge is 2.55. The van der Waals surface area contributed by atoms with Gasteiger partial charge in [-0.05, 0) is 50.3 Å². The third kappa shape index (κ3) is 3.27. The summed E-state index contributed by atoms with van der Waals surface area (Å²) in [6.45, 7) is 0.322. The molecule has 3 saturated carbocycles. The summed E-state index contributed by atoms with van der Waals surface area (Å²) in [5, 5.41) is 28.9. The van der Waals surface area contributed by atoms with Gasteiger partial charge in [-0.3, -0.25) is 4.79 Å². The minimum absolute atomic E-state index is 0.240. The molecule has 2 unspecified atom stereocenters. The molecule has 1 heterocycles. The zero-order valence-electron chi connectivity index (χ0n) is 14.6. The van der Waals surface area contributed by atoms with Gasteiger partial charge in [-0.15, -0.1) is 0 Å². The molecule has 9 heteroatoms. The number of carbonyl (C=O) groups excluding carboxylic acids is 1. The van der Waals surface area contributed by atoms with E-state index in [2.05, 4.69) is 16.0 Å². The van der Waals surface area contributed by atoms with E-state index in [1.165, 1.54) is 0 Å². The number of anilines is 1. The first-order chi connectivity index (χ1) is 12.8. The number of hydrogen-bond donors (Lipinski definition) is 5. The van der Waals surface area contributed by atoms with Crippen molar-refractivity contribution >= 4 is 29.3 Å². The van der Waals surface area contributed by atoms with E-state index in [1.54, 1.807) is 18.2 Å². The standard InChI is InChI=1S/C18H22ClN3O5/c19-10-1-2-12-11(7-10)20-9-13(27-12)15(24)21-17-3-5-18(6-4-17,14(23)8-17)22-16(25)26/h1-2,7,13-14,20,22-23H,3-6,8-9H2,(H,21,24)(H,25,26). The molecule has 5 N–H and O–H groups in total. The van der Waals surface area contributed by atoms with Gasteiger partial charge in [-0.1, -0.05) is 11.6 Å². The molecule has 0 aromatic heterocycles. The highest BCUT2D eigenvalue weighted by atomic mass is 35.5. The van der Waals surface area contributed by atoms with E-state index in [4.69, 9.17) is 21.4 Å². The van der Waals surface area contributed by atoms with E-state index in [1.807, 2.05) is 0 Å². The summed E-state index contributed by atoms with van der Waals surface area (Å²) in [5.41, 5.74) is -0.582. The lowest BCUT2D eigenvalue weighted by Crippen LogP contribution is -2.70. The first-order valence-electron chi connectivity index (χ1n) is 9.02. The van der Waals surface area contributed by atoms with Gasteiger partial charge < -0.3 is 30.9 Å². The van der Waals surface area contributed by atoms with Crippen LogP contribution in [0.3, 0.4) is 0 Å². The van der Waals surface area contributed by atoms with Crippen LogP contribution in [0.1, 0.15) is 32.1 Å². The number of fused-ring (bicyclic) bond motifs is 4. The van der Waals surface area contributed by atoms with Crippen molar-refractivity contribution in [2.24, 2.45) is 0 Å². The number of halogens is 1. The first-order valence-corrected chi connectivity index (χ1v) is 9.40. The van der Waals surface area contributed by atoms with Gasteiger partial charge in [-0.25, -0.2) is 4.79 Å². The number of amides is 2. The molecular formula is C18H22ClN3O5. The summed E-state index contributed by atoms with van der Waals surface area (Å²) in [4.78, 5) is 23.9. The van der Waals surface area contributed by atoms with Crippen molar-refractivity contribution in [2.45, 2.75) is 55.4 Å². The largest absolute Gasteiger partial charge is 0.477 e. The van der Waals surface area contributed by atoms with Crippen LogP contribution in [0.2, 0.25) is 5.02 Å². The van der Waals surface area contributed by atoms with E-state index >= 15 is 0 Å². The van der Waals surface area contributed by atoms with Crippen LogP contribution in [-0.4, -0.2) is 52.0 Å². The van der Waals surface area contributed by atoms with E-state index in [0.717, 1.165) is 5.69 Å². The molecule has 2 bridgehead atoms. The SMILES string of the molecule is O=C(O)NC12CCC(NC(=O)C3CNc4cc(Cl)ccc4O3)(CC1)CC2O. The average Bonchev–Trinajstić information content (AvgIpc) is 2.62. The lowest BCUT2D eigenvalue weighted by atomic mass is 9.60. The van der Waals surface area contributed by atoms with Crippen LogP contribution < -0.4 is 20.7 Å². The fraction of sp³-hybridized carbons (Fsp3) is 0.556. The number of benzene rings is 1. The Morgan fingerprint density at radius 3 is 2.63 bits per heavy atom. The van der Waals surface area contributed by atoms with Gasteiger partial charge in [-0.2, -0.15) is 0 Å². The second-order valence-electron chi connectivity index (χ2n) is 7.70. The Bertz CT molecular complexity index is 778. The average molecular weight is 396 g/mol. The first kappa shape index (κ1) is 18.2. The topological polar surface area (TPSA) is 120 Å². The fourth-order valence-electron chi connectivity index (χ4n) is 4.50. The summed E-state index contributed by atoms with van der Waals surface area (Å²) in [6, 6.07) is 5.17. The molecule has 2 atom stereocenters. The van der Waals surface area contributed by atoms with Crippen LogP contribution in [-0.2, 0) is 4.79 Å². The second kappa shape index (κ2) is 6.45.